The van der Waals surface area contributed by atoms with Gasteiger partial charge in [0.15, 0.2) is 0 Å². The number of hydrogen-bond donors (Lipinski definition) is 1. The molecule has 16 heavy (non-hydrogen) atoms. The largest absolute Gasteiger partial charge is 0.312 e. The highest BCUT2D eigenvalue weighted by Crippen LogP contribution is 2.29. The van der Waals surface area contributed by atoms with Crippen molar-refractivity contribution in [3.8, 4) is 0 Å². The van der Waals surface area contributed by atoms with Crippen LogP contribution in [0.4, 0.5) is 0 Å². The van der Waals surface area contributed by atoms with E-state index in [2.05, 4.69) is 37.7 Å². The molecule has 1 N–H and O–H groups in total. The maximum atomic E-state index is 4.31. The molecule has 1 unspecified atom stereocenters. The second-order valence-electron chi connectivity index (χ2n) is 3.52. The van der Waals surface area contributed by atoms with E-state index in [0.29, 0.717) is 6.04 Å². The molecule has 0 saturated heterocycles. The minimum atomic E-state index is 0.362. The first-order chi connectivity index (χ1) is 7.70. The molecule has 0 spiro atoms. The summed E-state index contributed by atoms with van der Waals surface area (Å²) in [5.74, 6) is 0. The van der Waals surface area contributed by atoms with Crippen LogP contribution in [0.15, 0.2) is 22.1 Å². The third kappa shape index (κ3) is 2.71. The molecule has 2 aromatic rings. The third-order valence-electron chi connectivity index (χ3n) is 2.41. The number of likely N-dealkylation sites (N-methyl/N-ethyl adjacent to an activating group) is 1. The van der Waals surface area contributed by atoms with Crippen molar-refractivity contribution in [1.82, 2.24) is 10.3 Å². The second-order valence-corrected chi connectivity index (χ2v) is 6.64. The highest BCUT2D eigenvalue weighted by atomic mass is 79.9. The minimum Gasteiger partial charge on any atom is -0.312 e. The first-order valence-electron chi connectivity index (χ1n) is 5.02. The molecule has 0 aliphatic rings. The molecule has 1 atom stereocenters. The number of thiazole rings is 1. The molecule has 0 aliphatic carbocycles. The summed E-state index contributed by atoms with van der Waals surface area (Å²) < 4.78 is 1.21. The predicted molar refractivity (Wildman–Crippen MR) is 74.4 cm³/mol. The number of aryl methyl sites for hydroxylation is 1. The van der Waals surface area contributed by atoms with Crippen LogP contribution in [0.1, 0.15) is 20.8 Å². The van der Waals surface area contributed by atoms with Crippen LogP contribution in [0, 0.1) is 6.92 Å². The molecule has 0 saturated carbocycles. The number of rotatable bonds is 4. The summed E-state index contributed by atoms with van der Waals surface area (Å²) in [6.07, 6.45) is 2.99. The standard InChI is InChI=1S/C11H13BrN2S2/c1-7-14-6-11(16-7)9(13-2)5-10-8(12)3-4-15-10/h3-4,6,9,13H,5H2,1-2H3. The average molecular weight is 317 g/mol. The van der Waals surface area contributed by atoms with E-state index in [0.717, 1.165) is 11.4 Å². The van der Waals surface area contributed by atoms with Gasteiger partial charge in [0.1, 0.15) is 0 Å². The van der Waals surface area contributed by atoms with E-state index in [1.807, 2.05) is 20.2 Å². The van der Waals surface area contributed by atoms with Gasteiger partial charge in [-0.2, -0.15) is 0 Å². The van der Waals surface area contributed by atoms with Gasteiger partial charge < -0.3 is 5.32 Å². The molecular formula is C11H13BrN2S2. The molecule has 0 bridgehead atoms. The van der Waals surface area contributed by atoms with Crippen LogP contribution in [0.2, 0.25) is 0 Å². The molecule has 2 aromatic heterocycles. The van der Waals surface area contributed by atoms with E-state index >= 15 is 0 Å². The van der Waals surface area contributed by atoms with Gasteiger partial charge in [-0.3, -0.25) is 0 Å². The molecule has 5 heteroatoms. The molecule has 0 amide bonds. The minimum absolute atomic E-state index is 0.362. The monoisotopic (exact) mass is 316 g/mol. The smallest absolute Gasteiger partial charge is 0.0897 e. The van der Waals surface area contributed by atoms with Gasteiger partial charge in [0, 0.05) is 32.9 Å². The Bertz CT molecular complexity index is 464. The van der Waals surface area contributed by atoms with Crippen LogP contribution in [0.25, 0.3) is 0 Å². The number of halogens is 1. The van der Waals surface area contributed by atoms with E-state index < -0.39 is 0 Å². The maximum Gasteiger partial charge on any atom is 0.0897 e. The lowest BCUT2D eigenvalue weighted by Gasteiger charge is -2.13. The van der Waals surface area contributed by atoms with Crippen LogP contribution in [-0.4, -0.2) is 12.0 Å². The summed E-state index contributed by atoms with van der Waals surface area (Å²) >= 11 is 7.13. The van der Waals surface area contributed by atoms with Gasteiger partial charge in [0.2, 0.25) is 0 Å². The summed E-state index contributed by atoms with van der Waals surface area (Å²) in [7, 11) is 2.00. The topological polar surface area (TPSA) is 24.9 Å². The quantitative estimate of drug-likeness (QED) is 0.928. The van der Waals surface area contributed by atoms with E-state index in [1.54, 1.807) is 22.7 Å². The van der Waals surface area contributed by atoms with E-state index in [9.17, 15) is 0 Å². The number of aromatic nitrogens is 1. The highest BCUT2D eigenvalue weighted by Gasteiger charge is 2.15. The zero-order valence-electron chi connectivity index (χ0n) is 9.16. The molecule has 0 radical (unpaired) electrons. The fourth-order valence-electron chi connectivity index (χ4n) is 1.54. The van der Waals surface area contributed by atoms with Gasteiger partial charge in [0.05, 0.1) is 5.01 Å². The van der Waals surface area contributed by atoms with Crippen LogP contribution in [-0.2, 0) is 6.42 Å². The fourth-order valence-corrected chi connectivity index (χ4v) is 4.00. The van der Waals surface area contributed by atoms with Crippen molar-refractivity contribution in [2.75, 3.05) is 7.05 Å². The Balaban J connectivity index is 2.15. The van der Waals surface area contributed by atoms with E-state index in [-0.39, 0.29) is 0 Å². The van der Waals surface area contributed by atoms with Gasteiger partial charge in [-0.05, 0) is 41.3 Å². The molecule has 2 rings (SSSR count). The van der Waals surface area contributed by atoms with E-state index in [4.69, 9.17) is 0 Å². The Morgan fingerprint density at radius 3 is 2.88 bits per heavy atom. The van der Waals surface area contributed by atoms with Gasteiger partial charge >= 0.3 is 0 Å². The summed E-state index contributed by atoms with van der Waals surface area (Å²) in [5.41, 5.74) is 0. The summed E-state index contributed by atoms with van der Waals surface area (Å²) in [6.45, 7) is 2.04. The van der Waals surface area contributed by atoms with Crippen molar-refractivity contribution in [2.45, 2.75) is 19.4 Å². The van der Waals surface area contributed by atoms with Crippen molar-refractivity contribution >= 4 is 38.6 Å². The summed E-state index contributed by atoms with van der Waals surface area (Å²) in [5, 5.41) is 6.59. The van der Waals surface area contributed by atoms with Gasteiger partial charge in [0.25, 0.3) is 0 Å². The Morgan fingerprint density at radius 2 is 2.38 bits per heavy atom. The zero-order chi connectivity index (χ0) is 11.5. The number of nitrogens with zero attached hydrogens (tertiary/aromatic N) is 1. The van der Waals surface area contributed by atoms with Crippen LogP contribution in [0.5, 0.6) is 0 Å². The zero-order valence-corrected chi connectivity index (χ0v) is 12.4. The van der Waals surface area contributed by atoms with Crippen molar-refractivity contribution in [3.05, 3.63) is 36.9 Å². The highest BCUT2D eigenvalue weighted by molar-refractivity contribution is 9.10. The SMILES string of the molecule is CNC(Cc1sccc1Br)c1cnc(C)s1. The van der Waals surface area contributed by atoms with Gasteiger partial charge in [-0.15, -0.1) is 22.7 Å². The molecule has 2 nitrogen and oxygen atoms in total. The molecular weight excluding hydrogens is 304 g/mol. The normalized spacial score (nSPS) is 12.9. The predicted octanol–water partition coefficient (Wildman–Crippen LogP) is 3.78. The lowest BCUT2D eigenvalue weighted by atomic mass is 10.1. The molecule has 0 fully saturated rings. The van der Waals surface area contributed by atoms with Crippen molar-refractivity contribution in [3.63, 3.8) is 0 Å². The van der Waals surface area contributed by atoms with Crippen molar-refractivity contribution < 1.29 is 0 Å². The molecule has 0 aliphatic heterocycles. The van der Waals surface area contributed by atoms with Crippen LogP contribution in [0.3, 0.4) is 0 Å². The maximum absolute atomic E-state index is 4.31. The second kappa shape index (κ2) is 5.40. The Morgan fingerprint density at radius 1 is 1.56 bits per heavy atom. The average Bonchev–Trinajstić information content (AvgIpc) is 2.85. The lowest BCUT2D eigenvalue weighted by Crippen LogP contribution is -2.17. The summed E-state index contributed by atoms with van der Waals surface area (Å²) in [4.78, 5) is 6.99. The van der Waals surface area contributed by atoms with Gasteiger partial charge in [-0.1, -0.05) is 0 Å². The Kier molecular flexibility index (Phi) is 4.13. The van der Waals surface area contributed by atoms with E-state index in [1.165, 1.54) is 14.2 Å². The fraction of sp³-hybridized carbons (Fsp3) is 0.364. The number of hydrogen-bond acceptors (Lipinski definition) is 4. The molecule has 0 aromatic carbocycles. The lowest BCUT2D eigenvalue weighted by molar-refractivity contribution is 0.605. The number of nitrogens with one attached hydrogen (secondary N) is 1. The first kappa shape index (κ1) is 12.2. The summed E-state index contributed by atoms with van der Waals surface area (Å²) in [6, 6.07) is 2.46. The van der Waals surface area contributed by atoms with Crippen LogP contribution < -0.4 is 5.32 Å². The van der Waals surface area contributed by atoms with Crippen molar-refractivity contribution in [2.24, 2.45) is 0 Å². The Labute approximate surface area is 112 Å². The molecule has 86 valence electrons. The number of thiophene rings is 1. The Hall–Kier alpha value is -0.230. The first-order valence-corrected chi connectivity index (χ1v) is 7.51. The van der Waals surface area contributed by atoms with Crippen molar-refractivity contribution in [1.29, 1.82) is 0 Å². The van der Waals surface area contributed by atoms with Crippen LogP contribution >= 0.6 is 38.6 Å². The molecule has 2 heterocycles. The third-order valence-corrected chi connectivity index (χ3v) is 5.39. The van der Waals surface area contributed by atoms with Gasteiger partial charge in [-0.25, -0.2) is 4.98 Å².